The molecule has 45 heavy (non-hydrogen) atoms. The fraction of sp³-hybridized carbons (Fsp3) is 0.455. The predicted molar refractivity (Wildman–Crippen MR) is 177 cm³/mol. The number of piperazine rings is 1. The minimum absolute atomic E-state index is 0.0727. The highest BCUT2D eigenvalue weighted by molar-refractivity contribution is 7.14. The monoisotopic (exact) mass is 631 g/mol. The van der Waals surface area contributed by atoms with E-state index < -0.39 is 0 Å². The van der Waals surface area contributed by atoms with Gasteiger partial charge in [0.15, 0.2) is 0 Å². The van der Waals surface area contributed by atoms with Gasteiger partial charge in [0, 0.05) is 87.1 Å². The SMILES string of the molecule is COCCN1CCN/C(=C\C(N)=Nc2cc(-c3ccnc(N4CCc5c(sc6c5CC(C)(C)C6)C4=O)c3CO)cn(C)c2=O)C1. The number of nitrogens with zero attached hydrogens (tertiary/aromatic N) is 5. The lowest BCUT2D eigenvalue weighted by molar-refractivity contribution is 0.0983. The molecule has 0 unspecified atom stereocenters. The molecule has 5 heterocycles. The number of amidine groups is 1. The number of aliphatic hydroxyl groups excluding tert-OH is 1. The van der Waals surface area contributed by atoms with E-state index in [4.69, 9.17) is 10.5 Å². The van der Waals surface area contributed by atoms with Gasteiger partial charge in [-0.25, -0.2) is 9.98 Å². The van der Waals surface area contributed by atoms with E-state index in [1.807, 2.05) is 0 Å². The number of pyridine rings is 2. The summed E-state index contributed by atoms with van der Waals surface area (Å²) in [5.74, 6) is 0.569. The molecule has 3 aromatic heterocycles. The highest BCUT2D eigenvalue weighted by atomic mass is 32.1. The van der Waals surface area contributed by atoms with E-state index in [-0.39, 0.29) is 35.0 Å². The average Bonchev–Trinajstić information content (AvgIpc) is 3.50. The number of aromatic nitrogens is 2. The Hall–Kier alpha value is -3.84. The molecule has 0 saturated carbocycles. The second-order valence-corrected chi connectivity index (χ2v) is 13.9. The number of carbonyl (C=O) groups excluding carboxylic acids is 1. The zero-order valence-corrected chi connectivity index (χ0v) is 27.2. The van der Waals surface area contributed by atoms with E-state index in [1.165, 1.54) is 20.6 Å². The van der Waals surface area contributed by atoms with Gasteiger partial charge in [-0.15, -0.1) is 11.3 Å². The van der Waals surface area contributed by atoms with Crippen LogP contribution in [0.2, 0.25) is 0 Å². The number of methoxy groups -OCH3 is 1. The van der Waals surface area contributed by atoms with E-state index in [1.54, 1.807) is 61.0 Å². The number of aliphatic imine (C=N–C) groups is 1. The fourth-order valence-corrected chi connectivity index (χ4v) is 8.21. The predicted octanol–water partition coefficient (Wildman–Crippen LogP) is 2.75. The number of fused-ring (bicyclic) bond motifs is 3. The maximum Gasteiger partial charge on any atom is 0.276 e. The van der Waals surface area contributed by atoms with E-state index >= 15 is 0 Å². The van der Waals surface area contributed by atoms with E-state index in [9.17, 15) is 14.7 Å². The first kappa shape index (κ1) is 31.2. The van der Waals surface area contributed by atoms with Gasteiger partial charge in [-0.05, 0) is 53.5 Å². The molecule has 0 bridgehead atoms. The smallest absolute Gasteiger partial charge is 0.276 e. The highest BCUT2D eigenvalue weighted by Crippen LogP contribution is 2.46. The van der Waals surface area contributed by atoms with Crippen molar-refractivity contribution < 1.29 is 14.6 Å². The summed E-state index contributed by atoms with van der Waals surface area (Å²) >= 11 is 1.61. The third-order valence-corrected chi connectivity index (χ3v) is 10.1. The van der Waals surface area contributed by atoms with Gasteiger partial charge in [0.25, 0.3) is 11.5 Å². The first-order valence-electron chi connectivity index (χ1n) is 15.3. The van der Waals surface area contributed by atoms with Crippen LogP contribution in [-0.4, -0.2) is 77.7 Å². The first-order valence-corrected chi connectivity index (χ1v) is 16.1. The molecule has 3 aromatic rings. The molecule has 238 valence electrons. The molecule has 1 amide bonds. The molecule has 3 aliphatic rings. The van der Waals surface area contributed by atoms with Crippen LogP contribution in [-0.2, 0) is 37.7 Å². The largest absolute Gasteiger partial charge is 0.392 e. The lowest BCUT2D eigenvalue weighted by Crippen LogP contribution is -2.43. The number of nitrogens with one attached hydrogen (secondary N) is 1. The second kappa shape index (κ2) is 12.5. The molecule has 2 aliphatic heterocycles. The number of aryl methyl sites for hydroxylation is 1. The number of aliphatic hydroxyl groups is 1. The van der Waals surface area contributed by atoms with Gasteiger partial charge < -0.3 is 25.5 Å². The molecule has 4 N–H and O–H groups in total. The summed E-state index contributed by atoms with van der Waals surface area (Å²) < 4.78 is 6.65. The molecule has 1 fully saturated rings. The van der Waals surface area contributed by atoms with E-state index in [2.05, 4.69) is 34.0 Å². The molecule has 0 radical (unpaired) electrons. The summed E-state index contributed by atoms with van der Waals surface area (Å²) in [5, 5.41) is 14.0. The first-order chi connectivity index (χ1) is 21.6. The molecule has 0 spiro atoms. The number of anilines is 1. The number of hydrogen-bond acceptors (Lipinski definition) is 9. The van der Waals surface area contributed by atoms with Crippen LogP contribution in [0.4, 0.5) is 11.5 Å². The molecule has 12 heteroatoms. The van der Waals surface area contributed by atoms with Crippen molar-refractivity contribution >= 4 is 34.6 Å². The van der Waals surface area contributed by atoms with Crippen molar-refractivity contribution in [1.82, 2.24) is 19.8 Å². The Labute approximate surface area is 267 Å². The van der Waals surface area contributed by atoms with Crippen molar-refractivity contribution in [2.24, 2.45) is 23.2 Å². The summed E-state index contributed by atoms with van der Waals surface area (Å²) in [5.41, 5.74) is 11.7. The van der Waals surface area contributed by atoms with Crippen molar-refractivity contribution in [3.05, 3.63) is 73.1 Å². The van der Waals surface area contributed by atoms with Crippen LogP contribution in [0.25, 0.3) is 11.1 Å². The lowest BCUT2D eigenvalue weighted by Gasteiger charge is -2.29. The molecule has 1 aliphatic carbocycles. The van der Waals surface area contributed by atoms with Crippen LogP contribution in [0.3, 0.4) is 0 Å². The van der Waals surface area contributed by atoms with Gasteiger partial charge in [0.2, 0.25) is 0 Å². The number of ether oxygens (including phenoxy) is 1. The standard InChI is InChI=1S/C33H41N7O4S/c1-33(2)15-24-23-6-9-40(32(43)29(23)45-27(24)16-33)30-25(19-41)22(5-7-36-30)20-13-26(31(42)38(3)17-20)37-28(34)14-21-18-39(10-8-35-21)11-12-44-4/h5,7,13-14,17,35,41H,6,8-12,15-16,18-19H2,1-4H3,(H2,34,37)/b21-14-. The highest BCUT2D eigenvalue weighted by Gasteiger charge is 2.39. The van der Waals surface area contributed by atoms with Crippen LogP contribution in [0.5, 0.6) is 0 Å². The number of carbonyl (C=O) groups is 1. The van der Waals surface area contributed by atoms with Crippen molar-refractivity contribution in [3.8, 4) is 11.1 Å². The zero-order chi connectivity index (χ0) is 31.9. The van der Waals surface area contributed by atoms with E-state index in [0.29, 0.717) is 42.2 Å². The van der Waals surface area contributed by atoms with Gasteiger partial charge >= 0.3 is 0 Å². The van der Waals surface area contributed by atoms with Crippen LogP contribution < -0.4 is 21.5 Å². The third kappa shape index (κ3) is 6.19. The normalized spacial score (nSPS) is 19.1. The lowest BCUT2D eigenvalue weighted by atomic mass is 9.89. The Morgan fingerprint density at radius 3 is 2.87 bits per heavy atom. The number of rotatable bonds is 8. The third-order valence-electron chi connectivity index (χ3n) is 8.80. The maximum atomic E-state index is 13.8. The summed E-state index contributed by atoms with van der Waals surface area (Å²) in [6.45, 7) is 8.54. The average molecular weight is 632 g/mol. The summed E-state index contributed by atoms with van der Waals surface area (Å²) in [6.07, 6.45) is 7.84. The molecule has 6 rings (SSSR count). The van der Waals surface area contributed by atoms with Gasteiger partial charge in [-0.1, -0.05) is 13.8 Å². The number of thiophene rings is 1. The quantitative estimate of drug-likeness (QED) is 0.255. The van der Waals surface area contributed by atoms with E-state index in [0.717, 1.165) is 49.5 Å². The second-order valence-electron chi connectivity index (χ2n) is 12.8. The molecule has 0 atom stereocenters. The number of hydrogen-bond donors (Lipinski definition) is 3. The van der Waals surface area contributed by atoms with Crippen molar-refractivity contribution in [3.63, 3.8) is 0 Å². The Balaban J connectivity index is 1.30. The van der Waals surface area contributed by atoms with Crippen molar-refractivity contribution in [2.75, 3.05) is 51.3 Å². The van der Waals surface area contributed by atoms with Crippen molar-refractivity contribution in [2.45, 2.75) is 39.7 Å². The molecular formula is C33H41N7O4S. The van der Waals surface area contributed by atoms with Crippen LogP contribution in [0.15, 0.2) is 46.1 Å². The number of nitrogens with two attached hydrogens (primary N) is 1. The summed E-state index contributed by atoms with van der Waals surface area (Å²) in [7, 11) is 3.34. The topological polar surface area (TPSA) is 138 Å². The molecule has 11 nitrogen and oxygen atoms in total. The Bertz CT molecular complexity index is 1760. The van der Waals surface area contributed by atoms with Gasteiger partial charge in [0.1, 0.15) is 17.3 Å². The van der Waals surface area contributed by atoms with Crippen LogP contribution in [0.1, 0.15) is 45.1 Å². The van der Waals surface area contributed by atoms with Crippen LogP contribution >= 0.6 is 11.3 Å². The van der Waals surface area contributed by atoms with Gasteiger partial charge in [0.05, 0.1) is 18.1 Å². The molecule has 0 aromatic carbocycles. The maximum absolute atomic E-state index is 13.8. The number of amides is 1. The minimum atomic E-state index is -0.328. The summed E-state index contributed by atoms with van der Waals surface area (Å²) in [6, 6.07) is 3.46. The van der Waals surface area contributed by atoms with Crippen molar-refractivity contribution in [1.29, 1.82) is 0 Å². The van der Waals surface area contributed by atoms with Gasteiger partial charge in [-0.2, -0.15) is 0 Å². The zero-order valence-electron chi connectivity index (χ0n) is 26.4. The van der Waals surface area contributed by atoms with Crippen LogP contribution in [0, 0.1) is 5.41 Å². The Kier molecular flexibility index (Phi) is 8.66. The molecular weight excluding hydrogens is 590 g/mol. The minimum Gasteiger partial charge on any atom is -0.392 e. The Morgan fingerprint density at radius 1 is 1.27 bits per heavy atom. The van der Waals surface area contributed by atoms with Gasteiger partial charge in [-0.3, -0.25) is 19.4 Å². The fourth-order valence-electron chi connectivity index (χ4n) is 6.63. The summed E-state index contributed by atoms with van der Waals surface area (Å²) in [4.78, 5) is 42.1. The Morgan fingerprint density at radius 2 is 2.09 bits per heavy atom. The molecule has 1 saturated heterocycles.